The Morgan fingerprint density at radius 2 is 2.19 bits per heavy atom. The monoisotopic (exact) mass is 287 g/mol. The topological polar surface area (TPSA) is 82.4 Å². The third-order valence-corrected chi connectivity index (χ3v) is 3.39. The third kappa shape index (κ3) is 3.80. The van der Waals surface area contributed by atoms with E-state index in [0.717, 1.165) is 0 Å². The van der Waals surface area contributed by atoms with Gasteiger partial charge in [-0.2, -0.15) is 5.26 Å². The molecule has 6 heteroatoms. The van der Waals surface area contributed by atoms with Crippen LogP contribution in [0.15, 0.2) is 24.3 Å². The van der Waals surface area contributed by atoms with Crippen LogP contribution >= 0.6 is 0 Å². The van der Waals surface area contributed by atoms with E-state index in [-0.39, 0.29) is 24.4 Å². The van der Waals surface area contributed by atoms with Crippen LogP contribution in [-0.4, -0.2) is 42.5 Å². The average Bonchev–Trinajstić information content (AvgIpc) is 2.48. The number of para-hydroxylation sites is 1. The van der Waals surface area contributed by atoms with Gasteiger partial charge in [0.15, 0.2) is 0 Å². The van der Waals surface area contributed by atoms with Crippen molar-refractivity contribution in [2.75, 3.05) is 19.7 Å². The van der Waals surface area contributed by atoms with Crippen molar-refractivity contribution in [2.45, 2.75) is 19.4 Å². The second-order valence-corrected chi connectivity index (χ2v) is 4.87. The van der Waals surface area contributed by atoms with E-state index in [1.165, 1.54) is 0 Å². The number of nitrogens with one attached hydrogen (secondary N) is 1. The molecule has 1 heterocycles. The number of rotatable bonds is 5. The summed E-state index contributed by atoms with van der Waals surface area (Å²) in [6.45, 7) is 3.02. The van der Waals surface area contributed by atoms with Crippen molar-refractivity contribution in [3.8, 4) is 11.8 Å². The van der Waals surface area contributed by atoms with E-state index in [0.29, 0.717) is 30.9 Å². The normalized spacial score (nSPS) is 19.0. The Morgan fingerprint density at radius 3 is 2.95 bits per heavy atom. The fraction of sp³-hybridized carbons (Fsp3) is 0.400. The first-order chi connectivity index (χ1) is 10.1. The summed E-state index contributed by atoms with van der Waals surface area (Å²) in [4.78, 5) is 24.7. The number of nitriles is 1. The van der Waals surface area contributed by atoms with E-state index in [1.54, 1.807) is 25.1 Å². The van der Waals surface area contributed by atoms with Gasteiger partial charge in [-0.05, 0) is 25.5 Å². The summed E-state index contributed by atoms with van der Waals surface area (Å²) in [5, 5.41) is 11.3. The highest BCUT2D eigenvalue weighted by Crippen LogP contribution is 2.16. The molecule has 0 saturated carbocycles. The molecule has 6 nitrogen and oxygen atoms in total. The van der Waals surface area contributed by atoms with Crippen LogP contribution in [0.3, 0.4) is 0 Å². The molecule has 1 aliphatic rings. The number of ether oxygens (including phenoxy) is 1. The van der Waals surface area contributed by atoms with E-state index in [2.05, 4.69) is 11.4 Å². The van der Waals surface area contributed by atoms with E-state index in [4.69, 9.17) is 10.00 Å². The average molecular weight is 287 g/mol. The number of hydrogen-bond donors (Lipinski definition) is 1. The van der Waals surface area contributed by atoms with Crippen LogP contribution in [-0.2, 0) is 9.59 Å². The number of carbonyl (C=O) groups excluding carboxylic acids is 2. The van der Waals surface area contributed by atoms with Crippen molar-refractivity contribution >= 4 is 11.8 Å². The highest BCUT2D eigenvalue weighted by molar-refractivity contribution is 6.00. The van der Waals surface area contributed by atoms with Gasteiger partial charge in [0, 0.05) is 6.54 Å². The number of hydrogen-bond acceptors (Lipinski definition) is 5. The van der Waals surface area contributed by atoms with Gasteiger partial charge in [0.2, 0.25) is 11.8 Å². The van der Waals surface area contributed by atoms with Crippen molar-refractivity contribution < 1.29 is 14.3 Å². The maximum Gasteiger partial charge on any atom is 0.243 e. The zero-order valence-electron chi connectivity index (χ0n) is 11.8. The van der Waals surface area contributed by atoms with Gasteiger partial charge in [0.1, 0.15) is 11.8 Å². The standard InChI is InChI=1S/C15H17N3O3/c1-11-15(20)17-14(19)10-18(11)7-4-8-21-13-6-3-2-5-12(13)9-16/h2-3,5-6,11H,4,7-8,10H2,1H3,(H,17,19,20). The summed E-state index contributed by atoms with van der Waals surface area (Å²) in [5.41, 5.74) is 0.499. The number of amides is 2. The molecule has 1 unspecified atom stereocenters. The van der Waals surface area contributed by atoms with E-state index in [1.807, 2.05) is 11.0 Å². The molecule has 0 spiro atoms. The summed E-state index contributed by atoms with van der Waals surface area (Å²) in [7, 11) is 0. The van der Waals surface area contributed by atoms with Gasteiger partial charge >= 0.3 is 0 Å². The fourth-order valence-corrected chi connectivity index (χ4v) is 2.18. The molecule has 1 saturated heterocycles. The van der Waals surface area contributed by atoms with Crippen molar-refractivity contribution in [1.29, 1.82) is 5.26 Å². The number of benzene rings is 1. The summed E-state index contributed by atoms with van der Waals surface area (Å²) in [6.07, 6.45) is 0.671. The predicted octanol–water partition coefficient (Wildman–Crippen LogP) is 0.674. The lowest BCUT2D eigenvalue weighted by Gasteiger charge is -2.31. The fourth-order valence-electron chi connectivity index (χ4n) is 2.18. The Labute approximate surface area is 123 Å². The third-order valence-electron chi connectivity index (χ3n) is 3.39. The summed E-state index contributed by atoms with van der Waals surface area (Å²) < 4.78 is 5.57. The molecule has 0 radical (unpaired) electrons. The largest absolute Gasteiger partial charge is 0.492 e. The Morgan fingerprint density at radius 1 is 1.43 bits per heavy atom. The van der Waals surface area contributed by atoms with Crippen LogP contribution in [0.1, 0.15) is 18.9 Å². The van der Waals surface area contributed by atoms with Gasteiger partial charge < -0.3 is 4.74 Å². The molecule has 1 aromatic carbocycles. The second kappa shape index (κ2) is 6.86. The van der Waals surface area contributed by atoms with Crippen molar-refractivity contribution in [2.24, 2.45) is 0 Å². The smallest absolute Gasteiger partial charge is 0.243 e. The molecule has 1 aliphatic heterocycles. The molecule has 1 N–H and O–H groups in total. The molecule has 1 atom stereocenters. The molecule has 110 valence electrons. The lowest BCUT2D eigenvalue weighted by molar-refractivity contribution is -0.139. The Balaban J connectivity index is 1.81. The summed E-state index contributed by atoms with van der Waals surface area (Å²) in [5.74, 6) is 0.0244. The highest BCUT2D eigenvalue weighted by atomic mass is 16.5. The molecular formula is C15H17N3O3. The van der Waals surface area contributed by atoms with Crippen molar-refractivity contribution in [3.63, 3.8) is 0 Å². The first-order valence-corrected chi connectivity index (χ1v) is 6.81. The molecule has 0 bridgehead atoms. The lowest BCUT2D eigenvalue weighted by Crippen LogP contribution is -2.57. The first kappa shape index (κ1) is 15.0. The van der Waals surface area contributed by atoms with Crippen molar-refractivity contribution in [3.05, 3.63) is 29.8 Å². The van der Waals surface area contributed by atoms with Crippen LogP contribution in [0.2, 0.25) is 0 Å². The van der Waals surface area contributed by atoms with Crippen LogP contribution in [0, 0.1) is 11.3 Å². The van der Waals surface area contributed by atoms with Gasteiger partial charge in [-0.1, -0.05) is 12.1 Å². The maximum atomic E-state index is 11.5. The maximum absolute atomic E-state index is 11.5. The minimum atomic E-state index is -0.311. The predicted molar refractivity (Wildman–Crippen MR) is 75.5 cm³/mol. The summed E-state index contributed by atoms with van der Waals surface area (Å²) >= 11 is 0. The molecule has 2 rings (SSSR count). The van der Waals surface area contributed by atoms with Gasteiger partial charge in [-0.3, -0.25) is 19.8 Å². The molecule has 1 aromatic rings. The Hall–Kier alpha value is -2.39. The lowest BCUT2D eigenvalue weighted by atomic mass is 10.2. The zero-order valence-corrected chi connectivity index (χ0v) is 11.8. The van der Waals surface area contributed by atoms with Crippen LogP contribution in [0.4, 0.5) is 0 Å². The molecular weight excluding hydrogens is 270 g/mol. The minimum absolute atomic E-state index is 0.224. The quantitative estimate of drug-likeness (QED) is 0.636. The zero-order chi connectivity index (χ0) is 15.2. The van der Waals surface area contributed by atoms with Crippen LogP contribution < -0.4 is 10.1 Å². The molecule has 0 aromatic heterocycles. The van der Waals surface area contributed by atoms with Gasteiger partial charge in [0.05, 0.1) is 24.8 Å². The van der Waals surface area contributed by atoms with E-state index in [9.17, 15) is 9.59 Å². The second-order valence-electron chi connectivity index (χ2n) is 4.87. The van der Waals surface area contributed by atoms with E-state index >= 15 is 0 Å². The summed E-state index contributed by atoms with van der Waals surface area (Å²) in [6, 6.07) is 8.80. The Bertz CT molecular complexity index is 580. The van der Waals surface area contributed by atoms with Crippen molar-refractivity contribution in [1.82, 2.24) is 10.2 Å². The van der Waals surface area contributed by atoms with Gasteiger partial charge in [-0.25, -0.2) is 0 Å². The Kier molecular flexibility index (Phi) is 4.90. The SMILES string of the molecule is CC1C(=O)NC(=O)CN1CCCOc1ccccc1C#N. The molecule has 0 aliphatic carbocycles. The number of imide groups is 1. The minimum Gasteiger partial charge on any atom is -0.492 e. The number of piperazine rings is 1. The van der Waals surface area contributed by atoms with Gasteiger partial charge in [0.25, 0.3) is 0 Å². The molecule has 2 amide bonds. The van der Waals surface area contributed by atoms with Crippen LogP contribution in [0.25, 0.3) is 0 Å². The van der Waals surface area contributed by atoms with Gasteiger partial charge in [-0.15, -0.1) is 0 Å². The van der Waals surface area contributed by atoms with E-state index < -0.39 is 0 Å². The molecule has 21 heavy (non-hydrogen) atoms. The first-order valence-electron chi connectivity index (χ1n) is 6.81. The number of carbonyl (C=O) groups is 2. The van der Waals surface area contributed by atoms with Crippen LogP contribution in [0.5, 0.6) is 5.75 Å². The highest BCUT2D eigenvalue weighted by Gasteiger charge is 2.29. The number of nitrogens with zero attached hydrogens (tertiary/aromatic N) is 2. The molecule has 1 fully saturated rings.